The third-order valence-corrected chi connectivity index (χ3v) is 8.84. The predicted molar refractivity (Wildman–Crippen MR) is 80.8 cm³/mol. The van der Waals surface area contributed by atoms with Crippen molar-refractivity contribution in [3.05, 3.63) is 35.9 Å². The first-order valence-electron chi connectivity index (χ1n) is 6.43. The SMILES string of the molecule is C[Se]C(c1ccccc1)P(=O)(OC(C)C)OC(C)C. The summed E-state index contributed by atoms with van der Waals surface area (Å²) in [4.78, 5) is 0. The fourth-order valence-electron chi connectivity index (χ4n) is 1.79. The summed E-state index contributed by atoms with van der Waals surface area (Å²) in [6, 6.07) is 9.87. The molecule has 0 saturated heterocycles. The van der Waals surface area contributed by atoms with Crippen molar-refractivity contribution in [2.75, 3.05) is 0 Å². The summed E-state index contributed by atoms with van der Waals surface area (Å²) in [6.07, 6.45) is -0.226. The van der Waals surface area contributed by atoms with Crippen LogP contribution in [0.1, 0.15) is 37.8 Å². The van der Waals surface area contributed by atoms with Gasteiger partial charge in [0.25, 0.3) is 0 Å². The van der Waals surface area contributed by atoms with Crippen molar-refractivity contribution in [2.45, 2.75) is 50.3 Å². The van der Waals surface area contributed by atoms with Crippen LogP contribution < -0.4 is 0 Å². The molecule has 0 saturated carbocycles. The topological polar surface area (TPSA) is 35.5 Å². The Hall–Kier alpha value is -0.111. The van der Waals surface area contributed by atoms with Crippen molar-refractivity contribution in [2.24, 2.45) is 0 Å². The van der Waals surface area contributed by atoms with Gasteiger partial charge in [0, 0.05) is 0 Å². The Balaban J connectivity index is 3.10. The second-order valence-electron chi connectivity index (χ2n) is 4.85. The van der Waals surface area contributed by atoms with Gasteiger partial charge >= 0.3 is 122 Å². The molecule has 108 valence electrons. The summed E-state index contributed by atoms with van der Waals surface area (Å²) in [5, 5.41) is 0. The number of benzene rings is 1. The summed E-state index contributed by atoms with van der Waals surface area (Å²) in [7, 11) is -3.14. The molecule has 1 aromatic rings. The molecule has 0 fully saturated rings. The second-order valence-corrected chi connectivity index (χ2v) is 9.63. The van der Waals surface area contributed by atoms with Gasteiger partial charge in [-0.3, -0.25) is 0 Å². The Bertz CT molecular complexity index is 406. The molecular formula is C14H23O3PSe. The van der Waals surface area contributed by atoms with Crippen LogP contribution in [-0.2, 0) is 13.6 Å². The Morgan fingerprint density at radius 3 is 1.84 bits per heavy atom. The van der Waals surface area contributed by atoms with Crippen molar-refractivity contribution in [3.8, 4) is 0 Å². The molecule has 1 rings (SSSR count). The van der Waals surface area contributed by atoms with E-state index in [1.54, 1.807) is 0 Å². The summed E-state index contributed by atoms with van der Waals surface area (Å²) < 4.78 is 24.4. The summed E-state index contributed by atoms with van der Waals surface area (Å²) >= 11 is 0.140. The molecule has 0 aliphatic carbocycles. The zero-order chi connectivity index (χ0) is 14.5. The van der Waals surface area contributed by atoms with Gasteiger partial charge < -0.3 is 0 Å². The van der Waals surface area contributed by atoms with Gasteiger partial charge in [-0.1, -0.05) is 0 Å². The molecule has 19 heavy (non-hydrogen) atoms. The molecule has 0 radical (unpaired) electrons. The van der Waals surface area contributed by atoms with Gasteiger partial charge in [-0.05, 0) is 0 Å². The average Bonchev–Trinajstić information content (AvgIpc) is 2.28. The number of hydrogen-bond acceptors (Lipinski definition) is 3. The number of rotatable bonds is 7. The molecule has 0 aromatic heterocycles. The molecule has 0 bridgehead atoms. The maximum atomic E-state index is 13.1. The van der Waals surface area contributed by atoms with Gasteiger partial charge in [0.2, 0.25) is 0 Å². The maximum absolute atomic E-state index is 13.1. The van der Waals surface area contributed by atoms with E-state index in [9.17, 15) is 4.57 Å². The van der Waals surface area contributed by atoms with Gasteiger partial charge in [-0.15, -0.1) is 0 Å². The molecule has 5 heteroatoms. The predicted octanol–water partition coefficient (Wildman–Crippen LogP) is 4.48. The zero-order valence-electron chi connectivity index (χ0n) is 12.2. The van der Waals surface area contributed by atoms with E-state index in [0.29, 0.717) is 0 Å². The molecule has 0 aliphatic heterocycles. The van der Waals surface area contributed by atoms with Crippen LogP contribution in [0.15, 0.2) is 30.3 Å². The van der Waals surface area contributed by atoms with Crippen molar-refractivity contribution in [1.29, 1.82) is 0 Å². The van der Waals surface area contributed by atoms with E-state index in [-0.39, 0.29) is 31.7 Å². The molecule has 0 heterocycles. The third kappa shape index (κ3) is 5.06. The Morgan fingerprint density at radius 2 is 1.47 bits per heavy atom. The van der Waals surface area contributed by atoms with Crippen molar-refractivity contribution < 1.29 is 13.6 Å². The molecule has 0 amide bonds. The van der Waals surface area contributed by atoms with Gasteiger partial charge in [-0.2, -0.15) is 0 Å². The molecule has 1 atom stereocenters. The van der Waals surface area contributed by atoms with Crippen molar-refractivity contribution >= 4 is 22.6 Å². The molecule has 0 aliphatic rings. The van der Waals surface area contributed by atoms with Crippen molar-refractivity contribution in [3.63, 3.8) is 0 Å². The van der Waals surface area contributed by atoms with Crippen LogP contribution in [0.3, 0.4) is 0 Å². The van der Waals surface area contributed by atoms with Crippen LogP contribution in [0.5, 0.6) is 0 Å². The van der Waals surface area contributed by atoms with E-state index >= 15 is 0 Å². The standard InChI is InChI=1S/C14H23O3PSe/c1-11(2)16-18(15,17-12(3)4)14(19-5)13-9-7-6-8-10-13/h6-12,14H,1-5H3. The Labute approximate surface area is 122 Å². The molecular weight excluding hydrogens is 326 g/mol. The first-order valence-corrected chi connectivity index (χ1v) is 10.7. The van der Waals surface area contributed by atoms with Gasteiger partial charge in [-0.25, -0.2) is 0 Å². The van der Waals surface area contributed by atoms with Crippen LogP contribution in [-0.4, -0.2) is 27.2 Å². The van der Waals surface area contributed by atoms with E-state index in [4.69, 9.17) is 9.05 Å². The fourth-order valence-corrected chi connectivity index (χ4v) is 7.18. The first kappa shape index (κ1) is 16.9. The van der Waals surface area contributed by atoms with Crippen molar-refractivity contribution in [1.82, 2.24) is 0 Å². The van der Waals surface area contributed by atoms with Crippen LogP contribution >= 0.6 is 7.60 Å². The minimum atomic E-state index is -3.14. The third-order valence-electron chi connectivity index (χ3n) is 2.31. The monoisotopic (exact) mass is 350 g/mol. The normalized spacial score (nSPS) is 14.1. The van der Waals surface area contributed by atoms with Crippen LogP contribution in [0.4, 0.5) is 0 Å². The summed E-state index contributed by atoms with van der Waals surface area (Å²) in [5.41, 5.74) is 1.04. The average molecular weight is 349 g/mol. The van der Waals surface area contributed by atoms with Gasteiger partial charge in [0.15, 0.2) is 0 Å². The van der Waals surface area contributed by atoms with Crippen LogP contribution in [0, 0.1) is 0 Å². The zero-order valence-corrected chi connectivity index (χ0v) is 14.8. The van der Waals surface area contributed by atoms with Gasteiger partial charge in [0.05, 0.1) is 0 Å². The van der Waals surface area contributed by atoms with E-state index in [1.807, 2.05) is 58.0 Å². The molecule has 0 N–H and O–H groups in total. The van der Waals surface area contributed by atoms with E-state index < -0.39 is 7.60 Å². The van der Waals surface area contributed by atoms with Crippen LogP contribution in [0.25, 0.3) is 0 Å². The minimum absolute atomic E-state index is 0.113. The molecule has 3 nitrogen and oxygen atoms in total. The first-order chi connectivity index (χ1) is 8.89. The second kappa shape index (κ2) is 7.61. The Kier molecular flexibility index (Phi) is 6.79. The van der Waals surface area contributed by atoms with E-state index in [1.165, 1.54) is 0 Å². The number of hydrogen-bond donors (Lipinski definition) is 0. The summed E-state index contributed by atoms with van der Waals surface area (Å²) in [6.45, 7) is 7.56. The molecule has 1 unspecified atom stereocenters. The summed E-state index contributed by atoms with van der Waals surface area (Å²) in [5.74, 6) is 2.07. The fraction of sp³-hybridized carbons (Fsp3) is 0.571. The van der Waals surface area contributed by atoms with Gasteiger partial charge in [0.1, 0.15) is 0 Å². The Morgan fingerprint density at radius 1 is 1.00 bits per heavy atom. The molecule has 1 aromatic carbocycles. The quantitative estimate of drug-likeness (QED) is 0.538. The van der Waals surface area contributed by atoms with Crippen LogP contribution in [0.2, 0.25) is 5.82 Å². The van der Waals surface area contributed by atoms with E-state index in [0.717, 1.165) is 5.56 Å². The molecule has 0 spiro atoms. The van der Waals surface area contributed by atoms with E-state index in [2.05, 4.69) is 5.82 Å².